The Morgan fingerprint density at radius 3 is 2.67 bits per heavy atom. The van der Waals surface area contributed by atoms with Crippen LogP contribution in [0.25, 0.3) is 0 Å². The Labute approximate surface area is 74.4 Å². The molecule has 0 aliphatic carbocycles. The van der Waals surface area contributed by atoms with Crippen LogP contribution in [0.2, 0.25) is 0 Å². The summed E-state index contributed by atoms with van der Waals surface area (Å²) >= 11 is 0. The molecule has 2 heteroatoms. The second-order valence-electron chi connectivity index (χ2n) is 4.01. The van der Waals surface area contributed by atoms with Gasteiger partial charge in [-0.05, 0) is 32.4 Å². The van der Waals surface area contributed by atoms with Crippen LogP contribution < -0.4 is 10.6 Å². The lowest BCUT2D eigenvalue weighted by Gasteiger charge is -2.34. The summed E-state index contributed by atoms with van der Waals surface area (Å²) in [5, 5.41) is 6.99. The van der Waals surface area contributed by atoms with Crippen LogP contribution in [0.5, 0.6) is 0 Å². The van der Waals surface area contributed by atoms with Crippen LogP contribution in [0.1, 0.15) is 19.3 Å². The first kappa shape index (κ1) is 8.27. The maximum absolute atomic E-state index is 3.51. The predicted octanol–water partition coefficient (Wildman–Crippen LogP) is 0.906. The Balaban J connectivity index is 2.04. The van der Waals surface area contributed by atoms with Crippen LogP contribution in [0.3, 0.4) is 0 Å². The largest absolute Gasteiger partial charge is 0.316 e. The second-order valence-corrected chi connectivity index (χ2v) is 4.01. The first-order chi connectivity index (χ1) is 5.91. The molecule has 0 aromatic rings. The molecule has 0 aromatic carbocycles. The van der Waals surface area contributed by atoms with Crippen LogP contribution in [0, 0.1) is 5.41 Å². The number of hydrogen-bond acceptors (Lipinski definition) is 2. The summed E-state index contributed by atoms with van der Waals surface area (Å²) in [5.41, 5.74) is 0.439. The van der Waals surface area contributed by atoms with Crippen molar-refractivity contribution in [3.63, 3.8) is 0 Å². The average molecular weight is 166 g/mol. The molecule has 1 saturated heterocycles. The van der Waals surface area contributed by atoms with Crippen molar-refractivity contribution in [3.8, 4) is 0 Å². The van der Waals surface area contributed by atoms with Gasteiger partial charge in [-0.15, -0.1) is 0 Å². The first-order valence-corrected chi connectivity index (χ1v) is 5.01. The SMILES string of the molecule is C1=CC2(CCCNC2)CNCC1. The molecule has 1 spiro atoms. The highest BCUT2D eigenvalue weighted by atomic mass is 14.9. The molecule has 2 N–H and O–H groups in total. The quantitative estimate of drug-likeness (QED) is 0.523. The van der Waals surface area contributed by atoms with Crippen molar-refractivity contribution in [2.24, 2.45) is 5.41 Å². The zero-order chi connectivity index (χ0) is 8.28. The molecule has 0 bridgehead atoms. The third-order valence-corrected chi connectivity index (χ3v) is 2.94. The smallest absolute Gasteiger partial charge is 0.0132 e. The molecule has 2 aliphatic heterocycles. The van der Waals surface area contributed by atoms with Gasteiger partial charge in [0.15, 0.2) is 0 Å². The lowest BCUT2D eigenvalue weighted by Crippen LogP contribution is -2.44. The molecule has 1 fully saturated rings. The van der Waals surface area contributed by atoms with Crippen LogP contribution in [0.4, 0.5) is 0 Å². The highest BCUT2D eigenvalue weighted by molar-refractivity contribution is 5.06. The molecule has 0 aromatic heterocycles. The fourth-order valence-electron chi connectivity index (χ4n) is 2.20. The Morgan fingerprint density at radius 2 is 1.92 bits per heavy atom. The minimum Gasteiger partial charge on any atom is -0.316 e. The summed E-state index contributed by atoms with van der Waals surface area (Å²) in [4.78, 5) is 0. The predicted molar refractivity (Wildman–Crippen MR) is 51.2 cm³/mol. The highest BCUT2D eigenvalue weighted by Gasteiger charge is 2.29. The molecule has 2 heterocycles. The molecule has 2 rings (SSSR count). The van der Waals surface area contributed by atoms with E-state index in [1.165, 1.54) is 25.8 Å². The van der Waals surface area contributed by atoms with Gasteiger partial charge in [0.05, 0.1) is 0 Å². The summed E-state index contributed by atoms with van der Waals surface area (Å²) in [5.74, 6) is 0. The van der Waals surface area contributed by atoms with Crippen molar-refractivity contribution in [1.82, 2.24) is 10.6 Å². The van der Waals surface area contributed by atoms with Crippen LogP contribution in [-0.2, 0) is 0 Å². The summed E-state index contributed by atoms with van der Waals surface area (Å²) in [6.45, 7) is 4.68. The summed E-state index contributed by atoms with van der Waals surface area (Å²) in [7, 11) is 0. The molecule has 1 atom stereocenters. The number of hydrogen-bond donors (Lipinski definition) is 2. The van der Waals surface area contributed by atoms with Crippen molar-refractivity contribution in [3.05, 3.63) is 12.2 Å². The third-order valence-electron chi connectivity index (χ3n) is 2.94. The van der Waals surface area contributed by atoms with E-state index in [9.17, 15) is 0 Å². The molecular formula is C10H18N2. The maximum atomic E-state index is 3.51. The van der Waals surface area contributed by atoms with E-state index in [-0.39, 0.29) is 0 Å². The number of piperidine rings is 1. The normalized spacial score (nSPS) is 36.7. The lowest BCUT2D eigenvalue weighted by molar-refractivity contribution is 0.271. The van der Waals surface area contributed by atoms with Crippen molar-refractivity contribution in [1.29, 1.82) is 0 Å². The van der Waals surface area contributed by atoms with Gasteiger partial charge < -0.3 is 10.6 Å². The van der Waals surface area contributed by atoms with E-state index in [1.807, 2.05) is 0 Å². The van der Waals surface area contributed by atoms with E-state index in [0.717, 1.165) is 19.6 Å². The van der Waals surface area contributed by atoms with Gasteiger partial charge in [-0.2, -0.15) is 0 Å². The first-order valence-electron chi connectivity index (χ1n) is 5.01. The molecule has 0 amide bonds. The standard InChI is InChI=1S/C10H18N2/c1-2-6-11-8-10(4-1)5-3-7-12-9-10/h1,4,11-12H,2-3,5-9H2. The van der Waals surface area contributed by atoms with E-state index >= 15 is 0 Å². The van der Waals surface area contributed by atoms with Crippen molar-refractivity contribution in [2.75, 3.05) is 26.2 Å². The van der Waals surface area contributed by atoms with Crippen LogP contribution >= 0.6 is 0 Å². The topological polar surface area (TPSA) is 24.1 Å². The Hall–Kier alpha value is -0.340. The van der Waals surface area contributed by atoms with Gasteiger partial charge in [-0.25, -0.2) is 0 Å². The van der Waals surface area contributed by atoms with E-state index in [0.29, 0.717) is 5.41 Å². The van der Waals surface area contributed by atoms with Gasteiger partial charge in [-0.1, -0.05) is 12.2 Å². The maximum Gasteiger partial charge on any atom is 0.0132 e. The average Bonchev–Trinajstić information content (AvgIpc) is 2.33. The zero-order valence-electron chi connectivity index (χ0n) is 7.60. The van der Waals surface area contributed by atoms with Crippen molar-refractivity contribution >= 4 is 0 Å². The van der Waals surface area contributed by atoms with Crippen molar-refractivity contribution < 1.29 is 0 Å². The molecular weight excluding hydrogens is 148 g/mol. The van der Waals surface area contributed by atoms with E-state index in [2.05, 4.69) is 22.8 Å². The fraction of sp³-hybridized carbons (Fsp3) is 0.800. The minimum atomic E-state index is 0.439. The molecule has 2 aliphatic rings. The van der Waals surface area contributed by atoms with Gasteiger partial charge in [0.25, 0.3) is 0 Å². The monoisotopic (exact) mass is 166 g/mol. The van der Waals surface area contributed by atoms with E-state index < -0.39 is 0 Å². The van der Waals surface area contributed by atoms with Gasteiger partial charge in [0.1, 0.15) is 0 Å². The third kappa shape index (κ3) is 1.70. The lowest BCUT2D eigenvalue weighted by atomic mass is 9.80. The summed E-state index contributed by atoms with van der Waals surface area (Å²) in [6, 6.07) is 0. The van der Waals surface area contributed by atoms with Crippen LogP contribution in [-0.4, -0.2) is 26.2 Å². The van der Waals surface area contributed by atoms with Gasteiger partial charge in [0, 0.05) is 18.5 Å². The highest BCUT2D eigenvalue weighted by Crippen LogP contribution is 2.28. The van der Waals surface area contributed by atoms with E-state index in [1.54, 1.807) is 0 Å². The van der Waals surface area contributed by atoms with Crippen molar-refractivity contribution in [2.45, 2.75) is 19.3 Å². The number of nitrogens with one attached hydrogen (secondary N) is 2. The second kappa shape index (κ2) is 3.58. The Morgan fingerprint density at radius 1 is 1.08 bits per heavy atom. The summed E-state index contributed by atoms with van der Waals surface area (Å²) in [6.07, 6.45) is 8.64. The molecule has 12 heavy (non-hydrogen) atoms. The summed E-state index contributed by atoms with van der Waals surface area (Å²) < 4.78 is 0. The van der Waals surface area contributed by atoms with Crippen LogP contribution in [0.15, 0.2) is 12.2 Å². The Kier molecular flexibility index (Phi) is 2.47. The Bertz CT molecular complexity index is 169. The zero-order valence-corrected chi connectivity index (χ0v) is 7.60. The van der Waals surface area contributed by atoms with Gasteiger partial charge in [-0.3, -0.25) is 0 Å². The molecule has 0 radical (unpaired) electrons. The van der Waals surface area contributed by atoms with E-state index in [4.69, 9.17) is 0 Å². The minimum absolute atomic E-state index is 0.439. The van der Waals surface area contributed by atoms with Gasteiger partial charge >= 0.3 is 0 Å². The molecule has 2 nitrogen and oxygen atoms in total. The number of rotatable bonds is 0. The van der Waals surface area contributed by atoms with Gasteiger partial charge in [0.2, 0.25) is 0 Å². The fourth-order valence-corrected chi connectivity index (χ4v) is 2.20. The molecule has 68 valence electrons. The molecule has 1 unspecified atom stereocenters. The molecule has 0 saturated carbocycles.